The predicted octanol–water partition coefficient (Wildman–Crippen LogP) is 3.40. The average Bonchev–Trinajstić information content (AvgIpc) is 3.38. The summed E-state index contributed by atoms with van der Waals surface area (Å²) in [7, 11) is 0. The summed E-state index contributed by atoms with van der Waals surface area (Å²) in [4.78, 5) is 33.0. The molecule has 29 heavy (non-hydrogen) atoms. The number of rotatable bonds is 4. The van der Waals surface area contributed by atoms with Crippen LogP contribution in [0.4, 0.5) is 0 Å². The van der Waals surface area contributed by atoms with E-state index in [0.717, 1.165) is 56.9 Å². The zero-order valence-electron chi connectivity index (χ0n) is 17.0. The van der Waals surface area contributed by atoms with Crippen LogP contribution in [-0.4, -0.2) is 65.3 Å². The Bertz CT molecular complexity index is 852. The minimum Gasteiger partial charge on any atom is -0.340 e. The molecule has 2 aliphatic rings. The summed E-state index contributed by atoms with van der Waals surface area (Å²) >= 11 is 1.45. The van der Waals surface area contributed by atoms with Crippen LogP contribution < -0.4 is 0 Å². The molecule has 6 heteroatoms. The van der Waals surface area contributed by atoms with Gasteiger partial charge in [-0.1, -0.05) is 30.3 Å². The van der Waals surface area contributed by atoms with Crippen molar-refractivity contribution in [1.29, 1.82) is 0 Å². The quantitative estimate of drug-likeness (QED) is 0.775. The molecule has 0 unspecified atom stereocenters. The number of benzene rings is 1. The maximum Gasteiger partial charge on any atom is 0.264 e. The van der Waals surface area contributed by atoms with Crippen molar-refractivity contribution in [3.63, 3.8) is 0 Å². The number of nitrogens with zero attached hydrogens (tertiary/aromatic N) is 3. The molecule has 0 bridgehead atoms. The third-order valence-corrected chi connectivity index (χ3v) is 6.94. The third-order valence-electron chi connectivity index (χ3n) is 6.09. The summed E-state index contributed by atoms with van der Waals surface area (Å²) < 4.78 is 0. The molecule has 0 spiro atoms. The second-order valence-electron chi connectivity index (χ2n) is 8.02. The van der Waals surface area contributed by atoms with E-state index in [4.69, 9.17) is 0 Å². The number of carbonyl (C=O) groups is 2. The van der Waals surface area contributed by atoms with Gasteiger partial charge in [-0.15, -0.1) is 11.3 Å². The minimum atomic E-state index is -0.299. The lowest BCUT2D eigenvalue weighted by Crippen LogP contribution is -2.48. The molecule has 2 aliphatic heterocycles. The lowest BCUT2D eigenvalue weighted by Gasteiger charge is -2.29. The fraction of sp³-hybridized carbons (Fsp3) is 0.478. The molecule has 1 atom stereocenters. The van der Waals surface area contributed by atoms with Crippen LogP contribution in [0.25, 0.3) is 0 Å². The molecule has 2 amide bonds. The normalized spacial score (nSPS) is 20.7. The number of likely N-dealkylation sites (tertiary alicyclic amines) is 1. The van der Waals surface area contributed by atoms with E-state index in [1.54, 1.807) is 4.90 Å². The monoisotopic (exact) mass is 411 g/mol. The minimum absolute atomic E-state index is 0.00634. The molecule has 1 aromatic heterocycles. The number of carbonyl (C=O) groups excluding carboxylic acids is 2. The first-order valence-electron chi connectivity index (χ1n) is 10.5. The highest BCUT2D eigenvalue weighted by molar-refractivity contribution is 7.12. The fourth-order valence-electron chi connectivity index (χ4n) is 4.40. The summed E-state index contributed by atoms with van der Waals surface area (Å²) in [5.74, 6) is 0.136. The van der Waals surface area contributed by atoms with E-state index in [0.29, 0.717) is 6.54 Å². The number of hydrogen-bond acceptors (Lipinski definition) is 4. The molecule has 3 heterocycles. The van der Waals surface area contributed by atoms with E-state index >= 15 is 0 Å². The number of amides is 2. The highest BCUT2D eigenvalue weighted by Gasteiger charge is 2.37. The van der Waals surface area contributed by atoms with E-state index in [-0.39, 0.29) is 17.9 Å². The molecule has 2 aromatic rings. The van der Waals surface area contributed by atoms with Gasteiger partial charge in [0.15, 0.2) is 0 Å². The van der Waals surface area contributed by atoms with Gasteiger partial charge in [-0.05, 0) is 48.8 Å². The van der Waals surface area contributed by atoms with Crippen LogP contribution in [0.1, 0.15) is 40.1 Å². The van der Waals surface area contributed by atoms with Crippen LogP contribution in [0.5, 0.6) is 0 Å². The molecule has 4 rings (SSSR count). The van der Waals surface area contributed by atoms with E-state index in [2.05, 4.69) is 36.1 Å². The predicted molar refractivity (Wildman–Crippen MR) is 116 cm³/mol. The van der Waals surface area contributed by atoms with Crippen LogP contribution >= 0.6 is 11.3 Å². The summed E-state index contributed by atoms with van der Waals surface area (Å²) in [5.41, 5.74) is 2.68. The molecule has 154 valence electrons. The van der Waals surface area contributed by atoms with Gasteiger partial charge in [-0.2, -0.15) is 0 Å². The van der Waals surface area contributed by atoms with Gasteiger partial charge in [0, 0.05) is 39.3 Å². The Morgan fingerprint density at radius 1 is 1.00 bits per heavy atom. The van der Waals surface area contributed by atoms with Gasteiger partial charge in [-0.25, -0.2) is 0 Å². The fourth-order valence-corrected chi connectivity index (χ4v) is 5.08. The number of aryl methyl sites for hydroxylation is 1. The molecule has 0 radical (unpaired) electrons. The first kappa shape index (κ1) is 20.1. The molecule has 2 fully saturated rings. The maximum atomic E-state index is 13.3. The number of hydrogen-bond donors (Lipinski definition) is 0. The molecular weight excluding hydrogens is 382 g/mol. The van der Waals surface area contributed by atoms with Crippen molar-refractivity contribution in [2.75, 3.05) is 32.7 Å². The van der Waals surface area contributed by atoms with Crippen molar-refractivity contribution >= 4 is 23.2 Å². The summed E-state index contributed by atoms with van der Waals surface area (Å²) in [6.45, 7) is 7.17. The van der Waals surface area contributed by atoms with Gasteiger partial charge in [0.25, 0.3) is 5.91 Å². The average molecular weight is 412 g/mol. The number of thiophene rings is 1. The summed E-state index contributed by atoms with van der Waals surface area (Å²) in [6, 6.07) is 12.0. The molecule has 5 nitrogen and oxygen atoms in total. The Morgan fingerprint density at radius 3 is 2.66 bits per heavy atom. The van der Waals surface area contributed by atoms with E-state index in [1.165, 1.54) is 22.5 Å². The maximum absolute atomic E-state index is 13.3. The third kappa shape index (κ3) is 4.54. The summed E-state index contributed by atoms with van der Waals surface area (Å²) in [6.07, 6.45) is 2.66. The first-order chi connectivity index (χ1) is 14.1. The SMILES string of the molecule is Cc1ccccc1CN1CCCN(C(=O)[C@@H]2CCCN2C(=O)c2cccs2)CC1. The van der Waals surface area contributed by atoms with Gasteiger partial charge in [0.2, 0.25) is 5.91 Å². The van der Waals surface area contributed by atoms with E-state index in [9.17, 15) is 9.59 Å². The molecule has 2 saturated heterocycles. The standard InChI is InChI=1S/C23H29N3O2S/c1-18-7-2-3-8-19(18)17-24-11-6-12-25(15-14-24)22(27)20-9-4-13-26(20)23(28)21-10-5-16-29-21/h2-3,5,7-8,10,16,20H,4,6,9,11-15,17H2,1H3/t20-/m0/s1. The zero-order valence-corrected chi connectivity index (χ0v) is 17.9. The highest BCUT2D eigenvalue weighted by atomic mass is 32.1. The van der Waals surface area contributed by atoms with Crippen molar-refractivity contribution in [2.24, 2.45) is 0 Å². The van der Waals surface area contributed by atoms with Crippen LogP contribution in [0.2, 0.25) is 0 Å². The zero-order chi connectivity index (χ0) is 20.2. The van der Waals surface area contributed by atoms with Gasteiger partial charge in [0.05, 0.1) is 4.88 Å². The van der Waals surface area contributed by atoms with Gasteiger partial charge < -0.3 is 9.80 Å². The van der Waals surface area contributed by atoms with Crippen LogP contribution in [-0.2, 0) is 11.3 Å². The smallest absolute Gasteiger partial charge is 0.264 e. The lowest BCUT2D eigenvalue weighted by atomic mass is 10.1. The Hall–Kier alpha value is -2.18. The van der Waals surface area contributed by atoms with Crippen molar-refractivity contribution in [3.8, 4) is 0 Å². The second-order valence-corrected chi connectivity index (χ2v) is 8.96. The molecule has 1 aromatic carbocycles. The topological polar surface area (TPSA) is 43.9 Å². The van der Waals surface area contributed by atoms with Gasteiger partial charge in [0.1, 0.15) is 6.04 Å². The largest absolute Gasteiger partial charge is 0.340 e. The lowest BCUT2D eigenvalue weighted by molar-refractivity contribution is -0.135. The van der Waals surface area contributed by atoms with Crippen molar-refractivity contribution in [2.45, 2.75) is 38.8 Å². The van der Waals surface area contributed by atoms with Crippen LogP contribution in [0, 0.1) is 6.92 Å². The molecule has 0 N–H and O–H groups in total. The Kier molecular flexibility index (Phi) is 6.31. The van der Waals surface area contributed by atoms with Crippen molar-refractivity contribution < 1.29 is 9.59 Å². The van der Waals surface area contributed by atoms with Crippen LogP contribution in [0.15, 0.2) is 41.8 Å². The van der Waals surface area contributed by atoms with E-state index in [1.807, 2.05) is 22.4 Å². The Balaban J connectivity index is 1.38. The molecule has 0 aliphatic carbocycles. The van der Waals surface area contributed by atoms with E-state index < -0.39 is 0 Å². The Labute approximate surface area is 176 Å². The van der Waals surface area contributed by atoms with Crippen molar-refractivity contribution in [3.05, 3.63) is 57.8 Å². The van der Waals surface area contributed by atoms with Gasteiger partial charge in [-0.3, -0.25) is 14.5 Å². The summed E-state index contributed by atoms with van der Waals surface area (Å²) in [5, 5.41) is 1.91. The molecule has 0 saturated carbocycles. The Morgan fingerprint density at radius 2 is 1.86 bits per heavy atom. The second kappa shape index (κ2) is 9.09. The molecular formula is C23H29N3O2S. The first-order valence-corrected chi connectivity index (χ1v) is 11.4. The van der Waals surface area contributed by atoms with Crippen LogP contribution in [0.3, 0.4) is 0 Å². The van der Waals surface area contributed by atoms with Crippen molar-refractivity contribution in [1.82, 2.24) is 14.7 Å². The highest BCUT2D eigenvalue weighted by Crippen LogP contribution is 2.24. The van der Waals surface area contributed by atoms with Gasteiger partial charge >= 0.3 is 0 Å².